The Kier molecular flexibility index (Phi) is 2.14. The lowest BCUT2D eigenvalue weighted by Gasteiger charge is -2.05. The molecule has 0 unspecified atom stereocenters. The number of aliphatic hydroxyl groups excluding tert-OH is 1. The van der Waals surface area contributed by atoms with Gasteiger partial charge in [-0.25, -0.2) is 0 Å². The van der Waals surface area contributed by atoms with Crippen LogP contribution in [-0.4, -0.2) is 21.0 Å². The molecule has 1 rings (SSSR count). The fraction of sp³-hybridized carbons (Fsp3) is 0.571. The number of aromatic nitrogens is 2. The van der Waals surface area contributed by atoms with Gasteiger partial charge in [0, 0.05) is 11.8 Å². The normalized spacial score (nSPS) is 13.4. The molecule has 1 heterocycles. The van der Waals surface area contributed by atoms with E-state index in [4.69, 9.17) is 10.8 Å². The highest BCUT2D eigenvalue weighted by Gasteiger charge is 2.03. The summed E-state index contributed by atoms with van der Waals surface area (Å²) in [4.78, 5) is 0. The lowest BCUT2D eigenvalue weighted by atomic mass is 10.4. The Hall–Kier alpha value is -1.03. The molecule has 0 aliphatic heterocycles. The molecular formula is C7H13N3O. The van der Waals surface area contributed by atoms with E-state index in [1.165, 1.54) is 0 Å². The van der Waals surface area contributed by atoms with E-state index >= 15 is 0 Å². The van der Waals surface area contributed by atoms with Crippen LogP contribution in [0.4, 0.5) is 5.82 Å². The van der Waals surface area contributed by atoms with Crippen molar-refractivity contribution in [1.29, 1.82) is 0 Å². The maximum absolute atomic E-state index is 9.04. The predicted molar refractivity (Wildman–Crippen MR) is 43.1 cm³/mol. The first-order chi connectivity index (χ1) is 5.09. The monoisotopic (exact) mass is 155 g/mol. The number of aryl methyl sites for hydroxylation is 1. The number of aliphatic hydroxyl groups is 1. The van der Waals surface area contributed by atoms with Crippen molar-refractivity contribution < 1.29 is 5.11 Å². The number of nitrogens with zero attached hydrogens (tertiary/aromatic N) is 2. The molecule has 11 heavy (non-hydrogen) atoms. The van der Waals surface area contributed by atoms with Gasteiger partial charge in [-0.2, -0.15) is 5.10 Å². The minimum absolute atomic E-state index is 0.381. The van der Waals surface area contributed by atoms with E-state index in [0.29, 0.717) is 12.4 Å². The van der Waals surface area contributed by atoms with Crippen LogP contribution < -0.4 is 5.73 Å². The molecule has 0 spiro atoms. The SMILES string of the molecule is Cc1cc(N)nn1C[C@H](C)O. The zero-order chi connectivity index (χ0) is 8.43. The molecule has 62 valence electrons. The Morgan fingerprint density at radius 3 is 2.82 bits per heavy atom. The summed E-state index contributed by atoms with van der Waals surface area (Å²) in [6.45, 7) is 4.13. The average Bonchev–Trinajstić information content (AvgIpc) is 2.09. The molecule has 0 saturated carbocycles. The second kappa shape index (κ2) is 2.92. The van der Waals surface area contributed by atoms with Crippen molar-refractivity contribution >= 4 is 5.82 Å². The maximum Gasteiger partial charge on any atom is 0.145 e. The number of hydrogen-bond acceptors (Lipinski definition) is 3. The van der Waals surface area contributed by atoms with Crippen molar-refractivity contribution in [3.05, 3.63) is 11.8 Å². The Morgan fingerprint density at radius 1 is 1.82 bits per heavy atom. The van der Waals surface area contributed by atoms with Crippen LogP contribution in [0, 0.1) is 6.92 Å². The molecule has 0 aliphatic carbocycles. The van der Waals surface area contributed by atoms with Crippen LogP contribution in [-0.2, 0) is 6.54 Å². The molecule has 0 aliphatic rings. The first kappa shape index (κ1) is 8.07. The minimum atomic E-state index is -0.381. The van der Waals surface area contributed by atoms with E-state index in [2.05, 4.69) is 5.10 Å². The number of hydrogen-bond donors (Lipinski definition) is 2. The molecule has 1 aromatic rings. The third kappa shape index (κ3) is 1.94. The van der Waals surface area contributed by atoms with Gasteiger partial charge in [0.1, 0.15) is 5.82 Å². The van der Waals surface area contributed by atoms with E-state index in [9.17, 15) is 0 Å². The van der Waals surface area contributed by atoms with E-state index in [1.54, 1.807) is 17.7 Å². The first-order valence-electron chi connectivity index (χ1n) is 3.57. The number of nitrogen functional groups attached to an aromatic ring is 1. The summed E-state index contributed by atoms with van der Waals surface area (Å²) in [5.74, 6) is 0.503. The topological polar surface area (TPSA) is 64.1 Å². The summed E-state index contributed by atoms with van der Waals surface area (Å²) in [7, 11) is 0. The fourth-order valence-electron chi connectivity index (χ4n) is 0.971. The Bertz CT molecular complexity index is 242. The first-order valence-corrected chi connectivity index (χ1v) is 3.57. The van der Waals surface area contributed by atoms with Crippen LogP contribution in [0.2, 0.25) is 0 Å². The van der Waals surface area contributed by atoms with Crippen molar-refractivity contribution in [1.82, 2.24) is 9.78 Å². The molecule has 0 radical (unpaired) electrons. The number of nitrogens with two attached hydrogens (primary N) is 1. The highest BCUT2D eigenvalue weighted by Crippen LogP contribution is 2.04. The smallest absolute Gasteiger partial charge is 0.145 e. The van der Waals surface area contributed by atoms with Gasteiger partial charge in [0.15, 0.2) is 0 Å². The lowest BCUT2D eigenvalue weighted by molar-refractivity contribution is 0.167. The molecule has 0 bridgehead atoms. The average molecular weight is 155 g/mol. The van der Waals surface area contributed by atoms with Crippen LogP contribution in [0.25, 0.3) is 0 Å². The summed E-state index contributed by atoms with van der Waals surface area (Å²) < 4.78 is 1.69. The minimum Gasteiger partial charge on any atom is -0.391 e. The molecule has 4 heteroatoms. The van der Waals surface area contributed by atoms with E-state index in [1.807, 2.05) is 6.92 Å². The molecular weight excluding hydrogens is 142 g/mol. The third-order valence-electron chi connectivity index (χ3n) is 1.44. The quantitative estimate of drug-likeness (QED) is 0.639. The summed E-state index contributed by atoms with van der Waals surface area (Å²) in [6, 6.07) is 1.78. The Balaban J connectivity index is 2.77. The summed E-state index contributed by atoms with van der Waals surface area (Å²) >= 11 is 0. The Labute approximate surface area is 65.6 Å². The van der Waals surface area contributed by atoms with Gasteiger partial charge in [-0.15, -0.1) is 0 Å². The van der Waals surface area contributed by atoms with E-state index < -0.39 is 0 Å². The van der Waals surface area contributed by atoms with Gasteiger partial charge in [0.05, 0.1) is 12.6 Å². The zero-order valence-electron chi connectivity index (χ0n) is 6.78. The number of rotatable bonds is 2. The summed E-state index contributed by atoms with van der Waals surface area (Å²) in [6.07, 6.45) is -0.381. The Morgan fingerprint density at radius 2 is 2.45 bits per heavy atom. The van der Waals surface area contributed by atoms with Gasteiger partial charge >= 0.3 is 0 Å². The van der Waals surface area contributed by atoms with Gasteiger partial charge in [-0.1, -0.05) is 0 Å². The van der Waals surface area contributed by atoms with Crippen molar-refractivity contribution in [2.75, 3.05) is 5.73 Å². The summed E-state index contributed by atoms with van der Waals surface area (Å²) in [5.41, 5.74) is 6.42. The van der Waals surface area contributed by atoms with E-state index in [0.717, 1.165) is 5.69 Å². The molecule has 0 saturated heterocycles. The van der Waals surface area contributed by atoms with Crippen molar-refractivity contribution in [2.24, 2.45) is 0 Å². The van der Waals surface area contributed by atoms with E-state index in [-0.39, 0.29) is 6.10 Å². The highest BCUT2D eigenvalue weighted by molar-refractivity contribution is 5.28. The molecule has 0 amide bonds. The largest absolute Gasteiger partial charge is 0.391 e. The highest BCUT2D eigenvalue weighted by atomic mass is 16.3. The second-order valence-corrected chi connectivity index (χ2v) is 2.74. The van der Waals surface area contributed by atoms with Crippen molar-refractivity contribution in [3.8, 4) is 0 Å². The van der Waals surface area contributed by atoms with Crippen LogP contribution in [0.15, 0.2) is 6.07 Å². The van der Waals surface area contributed by atoms with Gasteiger partial charge in [0.25, 0.3) is 0 Å². The molecule has 1 atom stereocenters. The predicted octanol–water partition coefficient (Wildman–Crippen LogP) is 0.155. The fourth-order valence-corrected chi connectivity index (χ4v) is 0.971. The van der Waals surface area contributed by atoms with Gasteiger partial charge < -0.3 is 10.8 Å². The molecule has 0 aromatic carbocycles. The van der Waals surface area contributed by atoms with Gasteiger partial charge in [-0.3, -0.25) is 4.68 Å². The maximum atomic E-state index is 9.04. The van der Waals surface area contributed by atoms with Crippen LogP contribution in [0.1, 0.15) is 12.6 Å². The standard InChI is InChI=1S/C7H13N3O/c1-5-3-7(8)9-10(5)4-6(2)11/h3,6,11H,4H2,1-2H3,(H2,8,9)/t6-/m0/s1. The second-order valence-electron chi connectivity index (χ2n) is 2.74. The molecule has 4 nitrogen and oxygen atoms in total. The third-order valence-corrected chi connectivity index (χ3v) is 1.44. The molecule has 1 aromatic heterocycles. The summed E-state index contributed by atoms with van der Waals surface area (Å²) in [5, 5.41) is 13.0. The van der Waals surface area contributed by atoms with Crippen LogP contribution in [0.5, 0.6) is 0 Å². The van der Waals surface area contributed by atoms with Crippen LogP contribution in [0.3, 0.4) is 0 Å². The van der Waals surface area contributed by atoms with Crippen LogP contribution >= 0.6 is 0 Å². The molecule has 3 N–H and O–H groups in total. The van der Waals surface area contributed by atoms with Crippen molar-refractivity contribution in [3.63, 3.8) is 0 Å². The van der Waals surface area contributed by atoms with Gasteiger partial charge in [-0.05, 0) is 13.8 Å². The molecule has 0 fully saturated rings. The number of anilines is 1. The lowest BCUT2D eigenvalue weighted by Crippen LogP contribution is -2.14. The van der Waals surface area contributed by atoms with Crippen molar-refractivity contribution in [2.45, 2.75) is 26.5 Å². The van der Waals surface area contributed by atoms with Gasteiger partial charge in [0.2, 0.25) is 0 Å². The zero-order valence-corrected chi connectivity index (χ0v) is 6.78.